The normalized spacial score (nSPS) is 15.6. The Hall–Kier alpha value is -1.32. The second kappa shape index (κ2) is 17.2. The lowest BCUT2D eigenvalue weighted by Gasteiger charge is -2.40. The van der Waals surface area contributed by atoms with E-state index in [1.165, 1.54) is 86.5 Å². The number of ether oxygens (including phenoxy) is 1. The Morgan fingerprint density at radius 2 is 1.62 bits per heavy atom. The quantitative estimate of drug-likeness (QED) is 0.156. The average molecular weight is 492 g/mol. The fraction of sp³-hybridized carbons (Fsp3) is 0.700. The van der Waals surface area contributed by atoms with Crippen LogP contribution in [0.2, 0.25) is 0 Å². The number of carbonyl (C=O) groups is 1. The number of allylic oxidation sites excluding steroid dienone is 1. The van der Waals surface area contributed by atoms with Crippen molar-refractivity contribution in [3.8, 4) is 0 Å². The second-order valence-electron chi connectivity index (χ2n) is 10.5. The van der Waals surface area contributed by atoms with Crippen molar-refractivity contribution in [2.75, 3.05) is 32.8 Å². The highest BCUT2D eigenvalue weighted by Gasteiger charge is 2.32. The number of unbranched alkanes of at least 4 members (excludes halogenated alkanes) is 7. The lowest BCUT2D eigenvalue weighted by Crippen LogP contribution is -3.00. The van der Waals surface area contributed by atoms with Gasteiger partial charge in [-0.1, -0.05) is 81.2 Å². The molecule has 0 atom stereocenters. The van der Waals surface area contributed by atoms with Crippen LogP contribution in [0.1, 0.15) is 101 Å². The van der Waals surface area contributed by atoms with Gasteiger partial charge in [0.05, 0.1) is 26.2 Å². The number of benzene rings is 1. The van der Waals surface area contributed by atoms with Crippen molar-refractivity contribution in [3.05, 3.63) is 46.5 Å². The lowest BCUT2D eigenvalue weighted by atomic mass is 9.99. The van der Waals surface area contributed by atoms with Crippen LogP contribution in [0.4, 0.5) is 0 Å². The molecule has 0 radical (unpaired) electrons. The summed E-state index contributed by atoms with van der Waals surface area (Å²) >= 11 is 0. The van der Waals surface area contributed by atoms with E-state index >= 15 is 0 Å². The molecule has 0 N–H and O–H groups in total. The summed E-state index contributed by atoms with van der Waals surface area (Å²) < 4.78 is 6.54. The largest absolute Gasteiger partial charge is 1.00 e. The first kappa shape index (κ1) is 30.7. The molecule has 1 aromatic rings. The molecule has 2 rings (SSSR count). The number of hydrogen-bond donors (Lipinski definition) is 0. The van der Waals surface area contributed by atoms with Crippen molar-refractivity contribution < 1.29 is 26.4 Å². The average Bonchev–Trinajstić information content (AvgIpc) is 2.79. The van der Waals surface area contributed by atoms with Crippen LogP contribution in [0.15, 0.2) is 29.8 Å². The first-order valence-corrected chi connectivity index (χ1v) is 13.7. The molecule has 0 aromatic heterocycles. The molecule has 1 heterocycles. The predicted octanol–water partition coefficient (Wildman–Crippen LogP) is 4.48. The van der Waals surface area contributed by atoms with Crippen LogP contribution in [0.25, 0.3) is 0 Å². The van der Waals surface area contributed by atoms with Gasteiger partial charge in [-0.05, 0) is 70.1 Å². The van der Waals surface area contributed by atoms with Gasteiger partial charge in [0.25, 0.3) is 0 Å². The number of aryl methyl sites for hydroxylation is 2. The fourth-order valence-corrected chi connectivity index (χ4v) is 5.10. The molecule has 1 aliphatic rings. The summed E-state index contributed by atoms with van der Waals surface area (Å²) in [7, 11) is 0. The fourth-order valence-electron chi connectivity index (χ4n) is 5.10. The van der Waals surface area contributed by atoms with Gasteiger partial charge >= 0.3 is 5.97 Å². The van der Waals surface area contributed by atoms with E-state index in [-0.39, 0.29) is 18.4 Å². The number of carbonyl (C=O) groups excluding carboxylic acids is 1. The second-order valence-corrected chi connectivity index (χ2v) is 10.5. The number of halogens is 1. The highest BCUT2D eigenvalue weighted by Crippen LogP contribution is 2.21. The molecule has 0 amide bonds. The van der Waals surface area contributed by atoms with Gasteiger partial charge in [-0.3, -0.25) is 0 Å². The monoisotopic (exact) mass is 491 g/mol. The Morgan fingerprint density at radius 1 is 0.971 bits per heavy atom. The molecule has 1 aliphatic heterocycles. The van der Waals surface area contributed by atoms with Gasteiger partial charge < -0.3 is 21.6 Å². The molecule has 3 nitrogen and oxygen atoms in total. The summed E-state index contributed by atoms with van der Waals surface area (Å²) in [6, 6.07) is 6.73. The molecule has 0 aliphatic carbocycles. The Bertz CT molecular complexity index is 737. The summed E-state index contributed by atoms with van der Waals surface area (Å²) in [5.74, 6) is 0.000257. The smallest absolute Gasteiger partial charge is 0.361 e. The van der Waals surface area contributed by atoms with Crippen LogP contribution in [-0.4, -0.2) is 43.2 Å². The maximum atomic E-state index is 12.7. The summed E-state index contributed by atoms with van der Waals surface area (Å²) in [5.41, 5.74) is 5.50. The van der Waals surface area contributed by atoms with E-state index in [4.69, 9.17) is 4.74 Å². The lowest BCUT2D eigenvalue weighted by molar-refractivity contribution is -0.920. The van der Waals surface area contributed by atoms with E-state index in [0.717, 1.165) is 37.0 Å². The van der Waals surface area contributed by atoms with Crippen LogP contribution < -0.4 is 12.4 Å². The SMILES string of the molecule is CCCCCCCCCCOC(=O)C[N+]1(C/C=C(/C)Cc2ccc(C)cc2C)CCCCC1.[Cl-]. The third-order valence-electron chi connectivity index (χ3n) is 7.28. The zero-order valence-electron chi connectivity index (χ0n) is 22.5. The number of quaternary nitrogens is 1. The van der Waals surface area contributed by atoms with Gasteiger partial charge in [0.15, 0.2) is 6.54 Å². The third kappa shape index (κ3) is 11.9. The van der Waals surface area contributed by atoms with Gasteiger partial charge in [-0.15, -0.1) is 0 Å². The highest BCUT2D eigenvalue weighted by molar-refractivity contribution is 5.70. The molecule has 0 bridgehead atoms. The van der Waals surface area contributed by atoms with Gasteiger partial charge in [-0.2, -0.15) is 0 Å². The molecular weight excluding hydrogens is 442 g/mol. The van der Waals surface area contributed by atoms with Crippen molar-refractivity contribution in [1.82, 2.24) is 0 Å². The van der Waals surface area contributed by atoms with E-state index in [0.29, 0.717) is 13.2 Å². The maximum Gasteiger partial charge on any atom is 0.361 e. The van der Waals surface area contributed by atoms with E-state index in [2.05, 4.69) is 52.0 Å². The molecule has 0 unspecified atom stereocenters. The highest BCUT2D eigenvalue weighted by atomic mass is 35.5. The molecular formula is C30H50ClNO2. The maximum absolute atomic E-state index is 12.7. The number of esters is 1. The van der Waals surface area contributed by atoms with Gasteiger partial charge in [-0.25, -0.2) is 4.79 Å². The summed E-state index contributed by atoms with van der Waals surface area (Å²) in [6.07, 6.45) is 17.3. The minimum Gasteiger partial charge on any atom is -1.00 e. The molecule has 1 saturated heterocycles. The van der Waals surface area contributed by atoms with E-state index < -0.39 is 0 Å². The van der Waals surface area contributed by atoms with Crippen LogP contribution in [0.5, 0.6) is 0 Å². The molecule has 0 saturated carbocycles. The Morgan fingerprint density at radius 3 is 2.26 bits per heavy atom. The number of hydrogen-bond acceptors (Lipinski definition) is 2. The molecule has 4 heteroatoms. The Kier molecular flexibility index (Phi) is 15.5. The first-order valence-electron chi connectivity index (χ1n) is 13.7. The minimum atomic E-state index is 0. The van der Waals surface area contributed by atoms with Gasteiger partial charge in [0.2, 0.25) is 0 Å². The topological polar surface area (TPSA) is 26.3 Å². The van der Waals surface area contributed by atoms with E-state index in [9.17, 15) is 4.79 Å². The number of likely N-dealkylation sites (tertiary alicyclic amines) is 1. The van der Waals surface area contributed by atoms with Crippen molar-refractivity contribution in [1.29, 1.82) is 0 Å². The van der Waals surface area contributed by atoms with Crippen molar-refractivity contribution >= 4 is 5.97 Å². The van der Waals surface area contributed by atoms with Crippen molar-refractivity contribution in [3.63, 3.8) is 0 Å². The summed E-state index contributed by atoms with van der Waals surface area (Å²) in [5, 5.41) is 0. The van der Waals surface area contributed by atoms with Gasteiger partial charge in [0.1, 0.15) is 0 Å². The third-order valence-corrected chi connectivity index (χ3v) is 7.28. The predicted molar refractivity (Wildman–Crippen MR) is 141 cm³/mol. The number of nitrogens with zero attached hydrogens (tertiary/aromatic N) is 1. The zero-order valence-corrected chi connectivity index (χ0v) is 23.2. The Labute approximate surface area is 216 Å². The number of rotatable bonds is 15. The van der Waals surface area contributed by atoms with Crippen molar-refractivity contribution in [2.24, 2.45) is 0 Å². The molecule has 1 aromatic carbocycles. The van der Waals surface area contributed by atoms with Crippen LogP contribution in [-0.2, 0) is 16.0 Å². The number of piperidine rings is 1. The molecule has 194 valence electrons. The molecule has 0 spiro atoms. The molecule has 34 heavy (non-hydrogen) atoms. The van der Waals surface area contributed by atoms with Crippen LogP contribution in [0.3, 0.4) is 0 Å². The van der Waals surface area contributed by atoms with Crippen LogP contribution >= 0.6 is 0 Å². The summed E-state index contributed by atoms with van der Waals surface area (Å²) in [6.45, 7) is 13.1. The zero-order chi connectivity index (χ0) is 23.9. The summed E-state index contributed by atoms with van der Waals surface area (Å²) in [4.78, 5) is 12.7. The minimum absolute atomic E-state index is 0. The standard InChI is InChI=1S/C30H50NO2.ClH/c1-5-6-7-8-9-10-11-15-22-33-30(32)25-31(19-13-12-14-20-31)21-18-27(3)24-29-17-16-26(2)23-28(29)4;/h16-18,23H,5-15,19-22,24-25H2,1-4H3;1H/q+1;/p-1/b27-18-;. The van der Waals surface area contributed by atoms with Gasteiger partial charge in [0, 0.05) is 0 Å². The van der Waals surface area contributed by atoms with Crippen molar-refractivity contribution in [2.45, 2.75) is 105 Å². The first-order chi connectivity index (χ1) is 15.9. The molecule has 1 fully saturated rings. The van der Waals surface area contributed by atoms with E-state index in [1.807, 2.05) is 0 Å². The van der Waals surface area contributed by atoms with Crippen LogP contribution in [0, 0.1) is 13.8 Å². The Balaban J connectivity index is 0.00000578. The van der Waals surface area contributed by atoms with E-state index in [1.54, 1.807) is 0 Å².